The van der Waals surface area contributed by atoms with E-state index < -0.39 is 0 Å². The highest BCUT2D eigenvalue weighted by Crippen LogP contribution is 2.16. The molecule has 1 aromatic carbocycles. The molecule has 0 amide bonds. The largest absolute Gasteiger partial charge is 0.409 e. The van der Waals surface area contributed by atoms with Crippen LogP contribution >= 0.6 is 12.2 Å². The molecule has 0 bridgehead atoms. The van der Waals surface area contributed by atoms with Gasteiger partial charge >= 0.3 is 0 Å². The van der Waals surface area contributed by atoms with Crippen molar-refractivity contribution in [1.29, 1.82) is 0 Å². The lowest BCUT2D eigenvalue weighted by atomic mass is 10.2. The Morgan fingerprint density at radius 3 is 2.64 bits per heavy atom. The Balaban J connectivity index is 2.48. The van der Waals surface area contributed by atoms with Gasteiger partial charge in [0.05, 0.1) is 0 Å². The van der Waals surface area contributed by atoms with Crippen LogP contribution in [0.3, 0.4) is 0 Å². The van der Waals surface area contributed by atoms with Crippen LogP contribution in [0.2, 0.25) is 0 Å². The van der Waals surface area contributed by atoms with E-state index in [2.05, 4.69) is 5.10 Å². The molecule has 0 unspecified atom stereocenters. The van der Waals surface area contributed by atoms with Crippen LogP contribution in [0.5, 0.6) is 0 Å². The highest BCUT2D eigenvalue weighted by Gasteiger charge is 2.05. The Morgan fingerprint density at radius 2 is 2.07 bits per heavy atom. The Bertz CT molecular complexity index is 472. The molecule has 4 heteroatoms. The zero-order valence-corrected chi connectivity index (χ0v) is 8.62. The molecule has 1 aromatic heterocycles. The van der Waals surface area contributed by atoms with Crippen molar-refractivity contribution in [3.8, 4) is 11.5 Å². The monoisotopic (exact) mass is 206 g/mol. The van der Waals surface area contributed by atoms with Crippen LogP contribution < -0.4 is 0 Å². The number of hydrogen-bond donors (Lipinski definition) is 0. The van der Waals surface area contributed by atoms with Gasteiger partial charge in [0.25, 0.3) is 4.84 Å². The maximum atomic E-state index is 5.36. The first-order valence-corrected chi connectivity index (χ1v) is 4.85. The molecule has 0 atom stereocenters. The number of hydrogen-bond acceptors (Lipinski definition) is 3. The minimum atomic E-state index is 0.423. The van der Waals surface area contributed by atoms with E-state index in [4.69, 9.17) is 16.6 Å². The molecule has 0 spiro atoms. The fraction of sp³-hybridized carbons (Fsp3) is 0.200. The highest BCUT2D eigenvalue weighted by atomic mass is 32.1. The van der Waals surface area contributed by atoms with E-state index >= 15 is 0 Å². The molecule has 0 aliphatic heterocycles. The molecular weight excluding hydrogens is 196 g/mol. The van der Waals surface area contributed by atoms with Crippen molar-refractivity contribution in [2.24, 2.45) is 0 Å². The Labute approximate surface area is 87.0 Å². The highest BCUT2D eigenvalue weighted by molar-refractivity contribution is 7.71. The Kier molecular flexibility index (Phi) is 2.45. The number of nitrogens with zero attached hydrogens (tertiary/aromatic N) is 2. The molecular formula is C10H10N2OS. The van der Waals surface area contributed by atoms with Crippen molar-refractivity contribution in [2.75, 3.05) is 0 Å². The van der Waals surface area contributed by atoms with Gasteiger partial charge in [0.15, 0.2) is 0 Å². The molecule has 0 saturated carbocycles. The van der Waals surface area contributed by atoms with Crippen LogP contribution in [0.1, 0.15) is 6.92 Å². The second-order valence-electron chi connectivity index (χ2n) is 2.85. The molecule has 0 saturated heterocycles. The van der Waals surface area contributed by atoms with Crippen molar-refractivity contribution in [3.63, 3.8) is 0 Å². The molecule has 2 rings (SSSR count). The van der Waals surface area contributed by atoms with Gasteiger partial charge < -0.3 is 4.42 Å². The second-order valence-corrected chi connectivity index (χ2v) is 3.20. The summed E-state index contributed by atoms with van der Waals surface area (Å²) in [5.74, 6) is 0.581. The fourth-order valence-corrected chi connectivity index (χ4v) is 1.45. The molecule has 3 nitrogen and oxygen atoms in total. The molecule has 72 valence electrons. The van der Waals surface area contributed by atoms with Gasteiger partial charge in [-0.15, -0.1) is 5.10 Å². The zero-order chi connectivity index (χ0) is 9.97. The third-order valence-corrected chi connectivity index (χ3v) is 2.22. The lowest BCUT2D eigenvalue weighted by Gasteiger charge is -1.91. The van der Waals surface area contributed by atoms with Gasteiger partial charge in [-0.25, -0.2) is 4.68 Å². The van der Waals surface area contributed by atoms with Crippen molar-refractivity contribution < 1.29 is 4.42 Å². The summed E-state index contributed by atoms with van der Waals surface area (Å²) < 4.78 is 7.02. The average molecular weight is 206 g/mol. The third kappa shape index (κ3) is 1.61. The molecule has 0 aliphatic carbocycles. The lowest BCUT2D eigenvalue weighted by Crippen LogP contribution is -1.95. The summed E-state index contributed by atoms with van der Waals surface area (Å²) in [6, 6.07) is 9.73. The van der Waals surface area contributed by atoms with E-state index in [0.717, 1.165) is 12.1 Å². The van der Waals surface area contributed by atoms with Gasteiger partial charge in [0, 0.05) is 12.1 Å². The molecule has 0 radical (unpaired) electrons. The van der Waals surface area contributed by atoms with Gasteiger partial charge in [-0.3, -0.25) is 0 Å². The smallest absolute Gasteiger partial charge is 0.287 e. The Hall–Kier alpha value is -1.42. The van der Waals surface area contributed by atoms with Gasteiger partial charge in [0.2, 0.25) is 5.89 Å². The normalized spacial score (nSPS) is 10.4. The van der Waals surface area contributed by atoms with E-state index in [1.54, 1.807) is 4.68 Å². The number of aromatic nitrogens is 2. The SMILES string of the molecule is CCn1nc(-c2ccccc2)oc1=S. The zero-order valence-electron chi connectivity index (χ0n) is 7.80. The summed E-state index contributed by atoms with van der Waals surface area (Å²) in [5, 5.41) is 4.24. The third-order valence-electron chi connectivity index (χ3n) is 1.93. The van der Waals surface area contributed by atoms with Crippen molar-refractivity contribution >= 4 is 12.2 Å². The summed E-state index contributed by atoms with van der Waals surface area (Å²) in [7, 11) is 0. The number of benzene rings is 1. The summed E-state index contributed by atoms with van der Waals surface area (Å²) >= 11 is 5.01. The molecule has 0 fully saturated rings. The van der Waals surface area contributed by atoms with Gasteiger partial charge in [-0.2, -0.15) is 0 Å². The van der Waals surface area contributed by atoms with E-state index in [1.165, 1.54) is 0 Å². The van der Waals surface area contributed by atoms with Crippen molar-refractivity contribution in [1.82, 2.24) is 9.78 Å². The Morgan fingerprint density at radius 1 is 1.36 bits per heavy atom. The van der Waals surface area contributed by atoms with E-state index in [0.29, 0.717) is 10.7 Å². The molecule has 0 N–H and O–H groups in total. The topological polar surface area (TPSA) is 31.0 Å². The van der Waals surface area contributed by atoms with E-state index in [-0.39, 0.29) is 0 Å². The second kappa shape index (κ2) is 3.75. The van der Waals surface area contributed by atoms with Crippen LogP contribution in [0.25, 0.3) is 11.5 Å². The van der Waals surface area contributed by atoms with Crippen molar-refractivity contribution in [3.05, 3.63) is 35.2 Å². The molecule has 1 heterocycles. The maximum absolute atomic E-state index is 5.36. The first-order valence-electron chi connectivity index (χ1n) is 4.44. The summed E-state index contributed by atoms with van der Waals surface area (Å²) in [4.78, 5) is 0.423. The first-order chi connectivity index (χ1) is 6.81. The van der Waals surface area contributed by atoms with Crippen LogP contribution in [0, 0.1) is 4.84 Å². The van der Waals surface area contributed by atoms with Gasteiger partial charge in [-0.1, -0.05) is 18.2 Å². The number of rotatable bonds is 2. The summed E-state index contributed by atoms with van der Waals surface area (Å²) in [5.41, 5.74) is 0.950. The quantitative estimate of drug-likeness (QED) is 0.708. The summed E-state index contributed by atoms with van der Waals surface area (Å²) in [6.45, 7) is 2.71. The van der Waals surface area contributed by atoms with Crippen LogP contribution in [-0.4, -0.2) is 9.78 Å². The fourth-order valence-electron chi connectivity index (χ4n) is 1.20. The number of aryl methyl sites for hydroxylation is 1. The van der Waals surface area contributed by atoms with E-state index in [9.17, 15) is 0 Å². The van der Waals surface area contributed by atoms with Gasteiger partial charge in [0.1, 0.15) is 0 Å². The standard InChI is InChI=1S/C10H10N2OS/c1-2-12-10(14)13-9(11-12)8-6-4-3-5-7-8/h3-7H,2H2,1H3. The van der Waals surface area contributed by atoms with E-state index in [1.807, 2.05) is 37.3 Å². The minimum absolute atomic E-state index is 0.423. The average Bonchev–Trinajstić information content (AvgIpc) is 2.61. The van der Waals surface area contributed by atoms with Crippen molar-refractivity contribution in [2.45, 2.75) is 13.5 Å². The van der Waals surface area contributed by atoms with Crippen LogP contribution in [0.15, 0.2) is 34.7 Å². The minimum Gasteiger partial charge on any atom is -0.409 e. The predicted molar refractivity (Wildman–Crippen MR) is 56.4 cm³/mol. The summed E-state index contributed by atoms with van der Waals surface area (Å²) in [6.07, 6.45) is 0. The van der Waals surface area contributed by atoms with Crippen LogP contribution in [0.4, 0.5) is 0 Å². The first kappa shape index (κ1) is 9.15. The lowest BCUT2D eigenvalue weighted by molar-refractivity contribution is 0.520. The molecule has 0 aliphatic rings. The molecule has 14 heavy (non-hydrogen) atoms. The maximum Gasteiger partial charge on any atom is 0.287 e. The van der Waals surface area contributed by atoms with Crippen LogP contribution in [-0.2, 0) is 6.54 Å². The molecule has 2 aromatic rings. The predicted octanol–water partition coefficient (Wildman–Crippen LogP) is 2.89. The van der Waals surface area contributed by atoms with Gasteiger partial charge in [-0.05, 0) is 31.3 Å².